The van der Waals surface area contributed by atoms with E-state index in [2.05, 4.69) is 18.8 Å². The Kier molecular flexibility index (Phi) is 3.05. The summed E-state index contributed by atoms with van der Waals surface area (Å²) in [5.41, 5.74) is 1.98. The quantitative estimate of drug-likeness (QED) is 0.738. The summed E-state index contributed by atoms with van der Waals surface area (Å²) in [6.07, 6.45) is 0.480. The Labute approximate surface area is 98.3 Å². The molecule has 1 unspecified atom stereocenters. The maximum Gasteiger partial charge on any atom is 0.279 e. The molecule has 1 atom stereocenters. The van der Waals surface area contributed by atoms with Gasteiger partial charge in [0.25, 0.3) is 5.91 Å². The zero-order chi connectivity index (χ0) is 11.7. The van der Waals surface area contributed by atoms with Crippen LogP contribution in [0.1, 0.15) is 30.8 Å². The van der Waals surface area contributed by atoms with Gasteiger partial charge in [-0.25, -0.2) is 4.98 Å². The second-order valence-electron chi connectivity index (χ2n) is 4.39. The van der Waals surface area contributed by atoms with E-state index in [0.29, 0.717) is 24.6 Å². The first kappa shape index (κ1) is 11.3. The highest BCUT2D eigenvalue weighted by Crippen LogP contribution is 2.25. The first-order valence-corrected chi connectivity index (χ1v) is 6.26. The van der Waals surface area contributed by atoms with Crippen molar-refractivity contribution in [3.8, 4) is 0 Å². The number of aromatic nitrogens is 1. The van der Waals surface area contributed by atoms with Gasteiger partial charge in [0, 0.05) is 18.3 Å². The van der Waals surface area contributed by atoms with Crippen LogP contribution in [0.25, 0.3) is 0 Å². The molecule has 1 saturated heterocycles. The standard InChI is InChI=1S/C11H14N2O2S/c1-7(2)8-3-10(14)13(4-8)11(15)9-5-16-6-12-9/h5-8H,3-4H2,1-2H3. The minimum atomic E-state index is -0.255. The number of hydrogen-bond donors (Lipinski definition) is 0. The summed E-state index contributed by atoms with van der Waals surface area (Å²) in [7, 11) is 0. The topological polar surface area (TPSA) is 50.3 Å². The minimum absolute atomic E-state index is 0.0725. The smallest absolute Gasteiger partial charge is 0.277 e. The van der Waals surface area contributed by atoms with E-state index in [-0.39, 0.29) is 17.7 Å². The van der Waals surface area contributed by atoms with Gasteiger partial charge in [-0.1, -0.05) is 13.8 Å². The van der Waals surface area contributed by atoms with Crippen LogP contribution in [0.2, 0.25) is 0 Å². The van der Waals surface area contributed by atoms with Gasteiger partial charge in [0.05, 0.1) is 5.51 Å². The van der Waals surface area contributed by atoms with Crippen LogP contribution in [0.3, 0.4) is 0 Å². The number of amides is 2. The van der Waals surface area contributed by atoms with Crippen LogP contribution in [-0.4, -0.2) is 28.2 Å². The van der Waals surface area contributed by atoms with Gasteiger partial charge in [0.1, 0.15) is 5.69 Å². The molecular formula is C11H14N2O2S. The van der Waals surface area contributed by atoms with Crippen molar-refractivity contribution in [2.24, 2.45) is 11.8 Å². The molecule has 1 aliphatic rings. The van der Waals surface area contributed by atoms with E-state index in [4.69, 9.17) is 0 Å². The number of imide groups is 1. The Morgan fingerprint density at radius 3 is 2.88 bits per heavy atom. The molecule has 16 heavy (non-hydrogen) atoms. The van der Waals surface area contributed by atoms with E-state index < -0.39 is 0 Å². The largest absolute Gasteiger partial charge is 0.279 e. The number of rotatable bonds is 2. The van der Waals surface area contributed by atoms with Crippen LogP contribution < -0.4 is 0 Å². The average Bonchev–Trinajstić information content (AvgIpc) is 2.84. The highest BCUT2D eigenvalue weighted by Gasteiger charge is 2.36. The van der Waals surface area contributed by atoms with E-state index in [1.165, 1.54) is 16.2 Å². The maximum absolute atomic E-state index is 11.9. The molecule has 0 bridgehead atoms. The van der Waals surface area contributed by atoms with Gasteiger partial charge in [0.2, 0.25) is 5.91 Å². The number of carbonyl (C=O) groups is 2. The van der Waals surface area contributed by atoms with Crippen molar-refractivity contribution in [3.05, 3.63) is 16.6 Å². The van der Waals surface area contributed by atoms with Gasteiger partial charge < -0.3 is 0 Å². The van der Waals surface area contributed by atoms with E-state index in [9.17, 15) is 9.59 Å². The van der Waals surface area contributed by atoms with Gasteiger partial charge in [-0.15, -0.1) is 11.3 Å². The van der Waals surface area contributed by atoms with Gasteiger partial charge in [-0.05, 0) is 11.8 Å². The van der Waals surface area contributed by atoms with Crippen molar-refractivity contribution < 1.29 is 9.59 Å². The summed E-state index contributed by atoms with van der Waals surface area (Å²) in [5, 5.41) is 1.68. The molecule has 1 aromatic heterocycles. The predicted molar refractivity (Wildman–Crippen MR) is 61.1 cm³/mol. The zero-order valence-electron chi connectivity index (χ0n) is 9.34. The van der Waals surface area contributed by atoms with Crippen molar-refractivity contribution in [2.75, 3.05) is 6.54 Å². The van der Waals surface area contributed by atoms with Crippen LogP contribution in [0.5, 0.6) is 0 Å². The van der Waals surface area contributed by atoms with Crippen molar-refractivity contribution >= 4 is 23.2 Å². The lowest BCUT2D eigenvalue weighted by atomic mass is 9.95. The number of likely N-dealkylation sites (tertiary alicyclic amines) is 1. The van der Waals surface area contributed by atoms with E-state index >= 15 is 0 Å². The summed E-state index contributed by atoms with van der Waals surface area (Å²) in [6, 6.07) is 0. The third kappa shape index (κ3) is 2.00. The molecule has 4 nitrogen and oxygen atoms in total. The van der Waals surface area contributed by atoms with Crippen molar-refractivity contribution in [3.63, 3.8) is 0 Å². The van der Waals surface area contributed by atoms with E-state index in [1.807, 2.05) is 0 Å². The monoisotopic (exact) mass is 238 g/mol. The zero-order valence-corrected chi connectivity index (χ0v) is 10.2. The number of thiazole rings is 1. The van der Waals surface area contributed by atoms with Gasteiger partial charge >= 0.3 is 0 Å². The molecule has 1 aromatic rings. The molecule has 2 amide bonds. The van der Waals surface area contributed by atoms with Crippen LogP contribution in [0.4, 0.5) is 0 Å². The van der Waals surface area contributed by atoms with Crippen LogP contribution in [0.15, 0.2) is 10.9 Å². The lowest BCUT2D eigenvalue weighted by Gasteiger charge is -2.15. The van der Waals surface area contributed by atoms with E-state index in [0.717, 1.165) is 0 Å². The summed E-state index contributed by atoms with van der Waals surface area (Å²) >= 11 is 1.37. The Morgan fingerprint density at radius 2 is 2.38 bits per heavy atom. The lowest BCUT2D eigenvalue weighted by molar-refractivity contribution is -0.125. The molecule has 0 aromatic carbocycles. The highest BCUT2D eigenvalue weighted by atomic mass is 32.1. The second-order valence-corrected chi connectivity index (χ2v) is 5.11. The molecule has 86 valence electrons. The summed E-state index contributed by atoms with van der Waals surface area (Å²) in [6.45, 7) is 4.69. The van der Waals surface area contributed by atoms with E-state index in [1.54, 1.807) is 10.9 Å². The maximum atomic E-state index is 11.9. The fraction of sp³-hybridized carbons (Fsp3) is 0.545. The molecule has 0 spiro atoms. The third-order valence-corrected chi connectivity index (χ3v) is 3.58. The second kappa shape index (κ2) is 4.33. The van der Waals surface area contributed by atoms with Crippen molar-refractivity contribution in [1.29, 1.82) is 0 Å². The molecule has 0 saturated carbocycles. The molecule has 2 heterocycles. The predicted octanol–water partition coefficient (Wildman–Crippen LogP) is 1.79. The Balaban J connectivity index is 2.12. The van der Waals surface area contributed by atoms with Crippen LogP contribution in [0, 0.1) is 11.8 Å². The van der Waals surface area contributed by atoms with Crippen molar-refractivity contribution in [1.82, 2.24) is 9.88 Å². The molecule has 0 aliphatic carbocycles. The molecule has 2 rings (SSSR count). The molecule has 0 radical (unpaired) electrons. The number of hydrogen-bond acceptors (Lipinski definition) is 4. The molecule has 5 heteroatoms. The lowest BCUT2D eigenvalue weighted by Crippen LogP contribution is -2.32. The first-order chi connectivity index (χ1) is 7.59. The Bertz CT molecular complexity index is 400. The normalized spacial score (nSPS) is 20.8. The van der Waals surface area contributed by atoms with Crippen molar-refractivity contribution in [2.45, 2.75) is 20.3 Å². The third-order valence-electron chi connectivity index (χ3n) is 2.99. The first-order valence-electron chi connectivity index (χ1n) is 5.32. The van der Waals surface area contributed by atoms with Gasteiger partial charge in [-0.2, -0.15) is 0 Å². The fourth-order valence-electron chi connectivity index (χ4n) is 1.83. The highest BCUT2D eigenvalue weighted by molar-refractivity contribution is 7.07. The Hall–Kier alpha value is -1.23. The average molecular weight is 238 g/mol. The van der Waals surface area contributed by atoms with Crippen LogP contribution >= 0.6 is 11.3 Å². The van der Waals surface area contributed by atoms with Crippen LogP contribution in [-0.2, 0) is 4.79 Å². The molecular weight excluding hydrogens is 224 g/mol. The van der Waals surface area contributed by atoms with Gasteiger partial charge in [0.15, 0.2) is 0 Å². The van der Waals surface area contributed by atoms with Gasteiger partial charge in [-0.3, -0.25) is 14.5 Å². The summed E-state index contributed by atoms with van der Waals surface area (Å²) < 4.78 is 0. The Morgan fingerprint density at radius 1 is 1.62 bits per heavy atom. The number of nitrogens with zero attached hydrogens (tertiary/aromatic N) is 2. The summed E-state index contributed by atoms with van der Waals surface area (Å²) in [5.74, 6) is 0.387. The molecule has 0 N–H and O–H groups in total. The number of carbonyl (C=O) groups excluding carboxylic acids is 2. The fourth-order valence-corrected chi connectivity index (χ4v) is 2.36. The molecule has 1 aliphatic heterocycles. The molecule has 1 fully saturated rings. The summed E-state index contributed by atoms with van der Waals surface area (Å²) in [4.78, 5) is 28.9. The SMILES string of the molecule is CC(C)C1CC(=O)N(C(=O)c2cscn2)C1. The minimum Gasteiger partial charge on any atom is -0.277 e.